The van der Waals surface area contributed by atoms with Crippen molar-refractivity contribution in [3.05, 3.63) is 88.9 Å². The highest BCUT2D eigenvalue weighted by molar-refractivity contribution is 7.99. The molecule has 0 aliphatic heterocycles. The van der Waals surface area contributed by atoms with E-state index in [0.29, 0.717) is 17.2 Å². The minimum absolute atomic E-state index is 0.464. The van der Waals surface area contributed by atoms with Crippen LogP contribution in [0.3, 0.4) is 0 Å². The van der Waals surface area contributed by atoms with E-state index in [-0.39, 0.29) is 0 Å². The van der Waals surface area contributed by atoms with E-state index in [1.165, 1.54) is 0 Å². The van der Waals surface area contributed by atoms with Crippen molar-refractivity contribution in [2.45, 2.75) is 16.4 Å². The number of hydrogen-bond acceptors (Lipinski definition) is 3. The molecule has 0 aliphatic carbocycles. The first-order valence-electron chi connectivity index (χ1n) is 7.44. The second-order valence-electron chi connectivity index (χ2n) is 5.15. The maximum atomic E-state index is 10.8. The van der Waals surface area contributed by atoms with Gasteiger partial charge in [0, 0.05) is 15.4 Å². The van der Waals surface area contributed by atoms with Crippen LogP contribution in [0.1, 0.15) is 15.9 Å². The predicted molar refractivity (Wildman–Crippen MR) is 98.2 cm³/mol. The molecule has 0 fully saturated rings. The van der Waals surface area contributed by atoms with Gasteiger partial charge in [-0.25, -0.2) is 0 Å². The summed E-state index contributed by atoms with van der Waals surface area (Å²) in [5.41, 5.74) is 1.63. The van der Waals surface area contributed by atoms with E-state index in [1.807, 2.05) is 60.7 Å². The lowest BCUT2D eigenvalue weighted by Gasteiger charge is -2.08. The van der Waals surface area contributed by atoms with Crippen LogP contribution < -0.4 is 4.74 Å². The van der Waals surface area contributed by atoms with Crippen molar-refractivity contribution in [2.75, 3.05) is 0 Å². The number of halogens is 1. The maximum Gasteiger partial charge on any atom is 0.151 e. The van der Waals surface area contributed by atoms with Crippen molar-refractivity contribution >= 4 is 29.6 Å². The largest absolute Gasteiger partial charge is 0.489 e. The van der Waals surface area contributed by atoms with E-state index in [1.54, 1.807) is 23.9 Å². The Morgan fingerprint density at radius 2 is 1.71 bits per heavy atom. The third-order valence-corrected chi connectivity index (χ3v) is 4.70. The summed E-state index contributed by atoms with van der Waals surface area (Å²) in [4.78, 5) is 12.9. The third-order valence-electron chi connectivity index (χ3n) is 3.39. The van der Waals surface area contributed by atoms with E-state index < -0.39 is 0 Å². The monoisotopic (exact) mass is 354 g/mol. The molecule has 0 unspecified atom stereocenters. The smallest absolute Gasteiger partial charge is 0.151 e. The fourth-order valence-corrected chi connectivity index (χ4v) is 3.37. The van der Waals surface area contributed by atoms with Crippen LogP contribution in [0.5, 0.6) is 5.75 Å². The van der Waals surface area contributed by atoms with Crippen LogP contribution >= 0.6 is 23.4 Å². The zero-order valence-corrected chi connectivity index (χ0v) is 14.4. The average Bonchev–Trinajstić information content (AvgIpc) is 2.61. The molecule has 0 aliphatic rings. The lowest BCUT2D eigenvalue weighted by atomic mass is 10.2. The van der Waals surface area contributed by atoms with Crippen LogP contribution in [0.15, 0.2) is 82.6 Å². The summed E-state index contributed by atoms with van der Waals surface area (Å²) < 4.78 is 5.84. The summed E-state index contributed by atoms with van der Waals surface area (Å²) in [6.45, 7) is 0.537. The Morgan fingerprint density at radius 3 is 2.46 bits per heavy atom. The highest BCUT2D eigenvalue weighted by Crippen LogP contribution is 2.32. The molecule has 3 aromatic rings. The first-order valence-corrected chi connectivity index (χ1v) is 8.63. The van der Waals surface area contributed by atoms with Crippen LogP contribution in [0.4, 0.5) is 0 Å². The molecule has 0 atom stereocenters. The molecule has 0 N–H and O–H groups in total. The van der Waals surface area contributed by atoms with Gasteiger partial charge >= 0.3 is 0 Å². The molecule has 120 valence electrons. The number of benzene rings is 3. The van der Waals surface area contributed by atoms with Crippen molar-refractivity contribution < 1.29 is 9.53 Å². The maximum absolute atomic E-state index is 10.8. The fraction of sp³-hybridized carbons (Fsp3) is 0.0500. The Morgan fingerprint density at radius 1 is 0.917 bits per heavy atom. The van der Waals surface area contributed by atoms with Gasteiger partial charge in [-0.2, -0.15) is 0 Å². The molecule has 3 aromatic carbocycles. The zero-order chi connectivity index (χ0) is 16.8. The first-order chi connectivity index (χ1) is 11.7. The number of ether oxygens (including phenoxy) is 1. The Balaban J connectivity index is 1.69. The van der Waals surface area contributed by atoms with Gasteiger partial charge in [-0.3, -0.25) is 4.79 Å². The molecule has 24 heavy (non-hydrogen) atoms. The van der Waals surface area contributed by atoms with Crippen molar-refractivity contribution in [3.63, 3.8) is 0 Å². The van der Waals surface area contributed by atoms with Gasteiger partial charge in [0.2, 0.25) is 0 Å². The lowest BCUT2D eigenvalue weighted by molar-refractivity contribution is 0.112. The van der Waals surface area contributed by atoms with Gasteiger partial charge in [0.25, 0.3) is 0 Å². The van der Waals surface area contributed by atoms with Gasteiger partial charge in [0.15, 0.2) is 6.29 Å². The quantitative estimate of drug-likeness (QED) is 0.517. The topological polar surface area (TPSA) is 26.3 Å². The van der Waals surface area contributed by atoms with Crippen molar-refractivity contribution in [1.29, 1.82) is 0 Å². The molecule has 0 saturated carbocycles. The second kappa shape index (κ2) is 8.04. The van der Waals surface area contributed by atoms with Crippen LogP contribution in [0, 0.1) is 0 Å². The van der Waals surface area contributed by atoms with Crippen molar-refractivity contribution in [1.82, 2.24) is 0 Å². The fourth-order valence-electron chi connectivity index (χ4n) is 2.17. The number of carbonyl (C=O) groups is 1. The third kappa shape index (κ3) is 4.40. The van der Waals surface area contributed by atoms with E-state index in [2.05, 4.69) is 0 Å². The number of hydrogen-bond donors (Lipinski definition) is 0. The first kappa shape index (κ1) is 16.6. The Bertz CT molecular complexity index is 834. The number of aldehydes is 1. The molecule has 0 radical (unpaired) electrons. The molecular weight excluding hydrogens is 340 g/mol. The van der Waals surface area contributed by atoms with Crippen molar-refractivity contribution in [3.8, 4) is 5.75 Å². The number of rotatable bonds is 6. The normalized spacial score (nSPS) is 10.4. The Labute approximate surface area is 150 Å². The Kier molecular flexibility index (Phi) is 5.57. The SMILES string of the molecule is O=Cc1ccc(Sc2cccc(OCc3ccccc3)c2)cc1Cl. The molecule has 0 heterocycles. The van der Waals surface area contributed by atoms with Gasteiger partial charge in [-0.15, -0.1) is 0 Å². The summed E-state index contributed by atoms with van der Waals surface area (Å²) in [5.74, 6) is 0.819. The highest BCUT2D eigenvalue weighted by Gasteiger charge is 2.04. The summed E-state index contributed by atoms with van der Waals surface area (Å²) in [7, 11) is 0. The van der Waals surface area contributed by atoms with E-state index in [9.17, 15) is 4.79 Å². The minimum atomic E-state index is 0.464. The lowest BCUT2D eigenvalue weighted by Crippen LogP contribution is -1.94. The molecular formula is C20H15ClO2S. The van der Waals surface area contributed by atoms with Crippen LogP contribution in [-0.2, 0) is 6.61 Å². The van der Waals surface area contributed by atoms with Crippen LogP contribution in [0.25, 0.3) is 0 Å². The molecule has 0 spiro atoms. The van der Waals surface area contributed by atoms with E-state index in [4.69, 9.17) is 16.3 Å². The van der Waals surface area contributed by atoms with Gasteiger partial charge in [-0.05, 0) is 42.0 Å². The number of carbonyl (C=O) groups excluding carboxylic acids is 1. The molecule has 0 amide bonds. The standard InChI is InChI=1S/C20H15ClO2S/c21-20-12-19(10-9-16(20)13-22)24-18-8-4-7-17(11-18)23-14-15-5-2-1-3-6-15/h1-13H,14H2. The van der Waals surface area contributed by atoms with Crippen molar-refractivity contribution in [2.24, 2.45) is 0 Å². The van der Waals surface area contributed by atoms with Crippen LogP contribution in [0.2, 0.25) is 5.02 Å². The summed E-state index contributed by atoms with van der Waals surface area (Å²) in [6, 6.07) is 23.4. The molecule has 0 aromatic heterocycles. The molecule has 4 heteroatoms. The van der Waals surface area contributed by atoms with Gasteiger partial charge in [-0.1, -0.05) is 59.8 Å². The van der Waals surface area contributed by atoms with Crippen LogP contribution in [-0.4, -0.2) is 6.29 Å². The van der Waals surface area contributed by atoms with E-state index >= 15 is 0 Å². The van der Waals surface area contributed by atoms with Gasteiger partial charge in [0.1, 0.15) is 12.4 Å². The molecule has 2 nitrogen and oxygen atoms in total. The summed E-state index contributed by atoms with van der Waals surface area (Å²) >= 11 is 7.65. The summed E-state index contributed by atoms with van der Waals surface area (Å²) in [5, 5.41) is 0.464. The predicted octanol–water partition coefficient (Wildman–Crippen LogP) is 5.88. The zero-order valence-electron chi connectivity index (χ0n) is 12.8. The van der Waals surface area contributed by atoms with Gasteiger partial charge in [0.05, 0.1) is 5.02 Å². The summed E-state index contributed by atoms with van der Waals surface area (Å²) in [6.07, 6.45) is 0.759. The minimum Gasteiger partial charge on any atom is -0.489 e. The second-order valence-corrected chi connectivity index (χ2v) is 6.71. The molecule has 3 rings (SSSR count). The Hall–Kier alpha value is -2.23. The highest BCUT2D eigenvalue weighted by atomic mass is 35.5. The van der Waals surface area contributed by atoms with E-state index in [0.717, 1.165) is 27.4 Å². The molecule has 0 saturated heterocycles. The molecule has 0 bridgehead atoms. The average molecular weight is 355 g/mol. The van der Waals surface area contributed by atoms with Gasteiger partial charge < -0.3 is 4.74 Å².